The SMILES string of the molecule is CC(C)S(=O)(=O)Cc1ccc(CCc2ccc(OC3CCCCC3)cc2)cc1. The van der Waals surface area contributed by atoms with Crippen molar-refractivity contribution in [2.24, 2.45) is 0 Å². The lowest BCUT2D eigenvalue weighted by molar-refractivity contribution is 0.155. The fourth-order valence-electron chi connectivity index (χ4n) is 3.60. The molecule has 28 heavy (non-hydrogen) atoms. The molecule has 2 aromatic rings. The van der Waals surface area contributed by atoms with Gasteiger partial charge in [-0.3, -0.25) is 0 Å². The number of hydrogen-bond donors (Lipinski definition) is 0. The van der Waals surface area contributed by atoms with Crippen LogP contribution in [0.3, 0.4) is 0 Å². The summed E-state index contributed by atoms with van der Waals surface area (Å²) < 4.78 is 30.2. The lowest BCUT2D eigenvalue weighted by atomic mass is 9.98. The van der Waals surface area contributed by atoms with Gasteiger partial charge >= 0.3 is 0 Å². The van der Waals surface area contributed by atoms with Crippen molar-refractivity contribution in [3.63, 3.8) is 0 Å². The Morgan fingerprint density at radius 3 is 1.86 bits per heavy atom. The summed E-state index contributed by atoms with van der Waals surface area (Å²) in [5, 5.41) is -0.336. The van der Waals surface area contributed by atoms with Gasteiger partial charge in [-0.05, 0) is 81.2 Å². The van der Waals surface area contributed by atoms with Crippen LogP contribution in [0.25, 0.3) is 0 Å². The van der Waals surface area contributed by atoms with E-state index in [1.54, 1.807) is 13.8 Å². The molecule has 1 aliphatic rings. The maximum Gasteiger partial charge on any atom is 0.156 e. The predicted molar refractivity (Wildman–Crippen MR) is 116 cm³/mol. The van der Waals surface area contributed by atoms with E-state index in [0.29, 0.717) is 6.10 Å². The van der Waals surface area contributed by atoms with Crippen molar-refractivity contribution >= 4 is 9.84 Å². The monoisotopic (exact) mass is 400 g/mol. The van der Waals surface area contributed by atoms with Gasteiger partial charge in [0.2, 0.25) is 0 Å². The third-order valence-electron chi connectivity index (χ3n) is 5.59. The zero-order valence-electron chi connectivity index (χ0n) is 17.1. The Morgan fingerprint density at radius 1 is 0.821 bits per heavy atom. The average Bonchev–Trinajstić information content (AvgIpc) is 2.69. The van der Waals surface area contributed by atoms with E-state index in [9.17, 15) is 8.42 Å². The molecule has 0 saturated heterocycles. The van der Waals surface area contributed by atoms with Crippen LogP contribution in [-0.4, -0.2) is 19.8 Å². The fourth-order valence-corrected chi connectivity index (χ4v) is 4.59. The van der Waals surface area contributed by atoms with Crippen LogP contribution >= 0.6 is 0 Å². The Kier molecular flexibility index (Phi) is 7.17. The number of aryl methyl sites for hydroxylation is 2. The minimum absolute atomic E-state index is 0.118. The van der Waals surface area contributed by atoms with Crippen LogP contribution in [0, 0.1) is 0 Å². The highest BCUT2D eigenvalue weighted by Crippen LogP contribution is 2.24. The van der Waals surface area contributed by atoms with Gasteiger partial charge in [0.15, 0.2) is 9.84 Å². The van der Waals surface area contributed by atoms with E-state index in [1.165, 1.54) is 43.2 Å². The maximum absolute atomic E-state index is 12.0. The summed E-state index contributed by atoms with van der Waals surface area (Å²) in [7, 11) is -3.05. The topological polar surface area (TPSA) is 43.4 Å². The molecule has 0 aromatic heterocycles. The standard InChI is InChI=1S/C24H32O3S/c1-19(2)28(25,26)18-22-12-10-20(11-13-22)8-9-21-14-16-24(17-15-21)27-23-6-4-3-5-7-23/h10-17,19,23H,3-9,18H2,1-2H3. The summed E-state index contributed by atoms with van der Waals surface area (Å²) in [6.45, 7) is 3.46. The van der Waals surface area contributed by atoms with Gasteiger partial charge < -0.3 is 4.74 Å². The zero-order chi connectivity index (χ0) is 20.0. The lowest BCUT2D eigenvalue weighted by Crippen LogP contribution is -2.19. The van der Waals surface area contributed by atoms with Crippen LogP contribution in [-0.2, 0) is 28.4 Å². The van der Waals surface area contributed by atoms with Crippen molar-refractivity contribution in [1.82, 2.24) is 0 Å². The van der Waals surface area contributed by atoms with Gasteiger partial charge in [-0.15, -0.1) is 0 Å². The molecule has 0 amide bonds. The molecule has 1 fully saturated rings. The lowest BCUT2D eigenvalue weighted by Gasteiger charge is -2.23. The molecule has 0 heterocycles. The van der Waals surface area contributed by atoms with Gasteiger partial charge in [0.1, 0.15) is 5.75 Å². The van der Waals surface area contributed by atoms with E-state index in [4.69, 9.17) is 4.74 Å². The van der Waals surface area contributed by atoms with Crippen LogP contribution in [0.2, 0.25) is 0 Å². The first-order chi connectivity index (χ1) is 13.4. The summed E-state index contributed by atoms with van der Waals surface area (Å²) in [6.07, 6.45) is 8.56. The highest BCUT2D eigenvalue weighted by molar-refractivity contribution is 7.91. The normalized spacial score (nSPS) is 15.7. The first kappa shape index (κ1) is 20.9. The average molecular weight is 401 g/mol. The molecule has 0 aliphatic heterocycles. The molecule has 0 atom stereocenters. The van der Waals surface area contributed by atoms with E-state index in [-0.39, 0.29) is 11.0 Å². The van der Waals surface area contributed by atoms with Crippen LogP contribution in [0.15, 0.2) is 48.5 Å². The van der Waals surface area contributed by atoms with Crippen molar-refractivity contribution in [3.8, 4) is 5.75 Å². The molecule has 0 bridgehead atoms. The molecular weight excluding hydrogens is 368 g/mol. The van der Waals surface area contributed by atoms with Crippen molar-refractivity contribution in [2.75, 3.05) is 0 Å². The Labute approximate surface area is 170 Å². The number of benzene rings is 2. The van der Waals surface area contributed by atoms with Crippen LogP contribution in [0.1, 0.15) is 62.6 Å². The van der Waals surface area contributed by atoms with Gasteiger partial charge in [0.05, 0.1) is 17.1 Å². The molecule has 3 nitrogen and oxygen atoms in total. The van der Waals surface area contributed by atoms with Crippen molar-refractivity contribution in [1.29, 1.82) is 0 Å². The van der Waals surface area contributed by atoms with E-state index in [1.807, 2.05) is 24.3 Å². The van der Waals surface area contributed by atoms with Gasteiger partial charge in [0.25, 0.3) is 0 Å². The number of ether oxygens (including phenoxy) is 1. The molecule has 0 unspecified atom stereocenters. The van der Waals surface area contributed by atoms with Crippen LogP contribution < -0.4 is 4.74 Å². The molecule has 0 N–H and O–H groups in total. The van der Waals surface area contributed by atoms with Gasteiger partial charge in [-0.1, -0.05) is 42.8 Å². The highest BCUT2D eigenvalue weighted by Gasteiger charge is 2.16. The molecule has 0 spiro atoms. The number of rotatable bonds is 8. The third kappa shape index (κ3) is 6.10. The molecule has 3 rings (SSSR count). The molecule has 152 valence electrons. The first-order valence-corrected chi connectivity index (χ1v) is 12.2. The fraction of sp³-hybridized carbons (Fsp3) is 0.500. The Morgan fingerprint density at radius 2 is 1.32 bits per heavy atom. The van der Waals surface area contributed by atoms with E-state index in [0.717, 1.165) is 24.2 Å². The molecule has 1 aliphatic carbocycles. The highest BCUT2D eigenvalue weighted by atomic mass is 32.2. The summed E-state index contributed by atoms with van der Waals surface area (Å²) in [5.41, 5.74) is 3.39. The Bertz CT molecular complexity index is 830. The largest absolute Gasteiger partial charge is 0.490 e. The Balaban J connectivity index is 1.49. The van der Waals surface area contributed by atoms with Gasteiger partial charge in [0, 0.05) is 0 Å². The van der Waals surface area contributed by atoms with Gasteiger partial charge in [-0.2, -0.15) is 0 Å². The minimum Gasteiger partial charge on any atom is -0.490 e. The third-order valence-corrected chi connectivity index (χ3v) is 7.76. The van der Waals surface area contributed by atoms with Gasteiger partial charge in [-0.25, -0.2) is 8.42 Å². The quantitative estimate of drug-likeness (QED) is 0.587. The molecule has 2 aromatic carbocycles. The van der Waals surface area contributed by atoms with Crippen molar-refractivity contribution in [2.45, 2.75) is 75.9 Å². The molecular formula is C24H32O3S. The predicted octanol–water partition coefficient (Wildman–Crippen LogP) is 5.51. The number of sulfone groups is 1. The smallest absolute Gasteiger partial charge is 0.156 e. The molecule has 1 saturated carbocycles. The Hall–Kier alpha value is -1.81. The summed E-state index contributed by atoms with van der Waals surface area (Å²) in [5.74, 6) is 1.10. The maximum atomic E-state index is 12.0. The van der Waals surface area contributed by atoms with Crippen molar-refractivity contribution in [3.05, 3.63) is 65.2 Å². The molecule has 4 heteroatoms. The zero-order valence-corrected chi connectivity index (χ0v) is 17.9. The second-order valence-electron chi connectivity index (χ2n) is 8.19. The van der Waals surface area contributed by atoms with E-state index >= 15 is 0 Å². The first-order valence-electron chi connectivity index (χ1n) is 10.5. The second-order valence-corrected chi connectivity index (χ2v) is 10.8. The summed E-state index contributed by atoms with van der Waals surface area (Å²) >= 11 is 0. The molecule has 0 radical (unpaired) electrons. The second kappa shape index (κ2) is 9.60. The number of hydrogen-bond acceptors (Lipinski definition) is 3. The summed E-state index contributed by atoms with van der Waals surface area (Å²) in [6, 6.07) is 16.5. The summed E-state index contributed by atoms with van der Waals surface area (Å²) in [4.78, 5) is 0. The van der Waals surface area contributed by atoms with Crippen LogP contribution in [0.5, 0.6) is 5.75 Å². The van der Waals surface area contributed by atoms with E-state index < -0.39 is 9.84 Å². The van der Waals surface area contributed by atoms with Crippen LogP contribution in [0.4, 0.5) is 0 Å². The minimum atomic E-state index is -3.05. The van der Waals surface area contributed by atoms with E-state index in [2.05, 4.69) is 24.3 Å². The van der Waals surface area contributed by atoms with Crippen molar-refractivity contribution < 1.29 is 13.2 Å².